The van der Waals surface area contributed by atoms with Crippen molar-refractivity contribution < 1.29 is 4.42 Å². The highest BCUT2D eigenvalue weighted by Crippen LogP contribution is 2.19. The maximum absolute atomic E-state index is 5.94. The van der Waals surface area contributed by atoms with E-state index in [4.69, 9.17) is 10.2 Å². The molecule has 0 bridgehead atoms. The molecule has 0 saturated heterocycles. The van der Waals surface area contributed by atoms with Gasteiger partial charge in [-0.05, 0) is 44.9 Å². The number of aryl methyl sites for hydroxylation is 1. The minimum atomic E-state index is -0.0884. The Kier molecular flexibility index (Phi) is 3.57. The third-order valence-electron chi connectivity index (χ3n) is 2.82. The first-order chi connectivity index (χ1) is 8.44. The number of hydrogen-bond acceptors (Lipinski definition) is 4. The van der Waals surface area contributed by atoms with E-state index in [0.29, 0.717) is 5.89 Å². The van der Waals surface area contributed by atoms with Gasteiger partial charge in [-0.15, -0.1) is 0 Å². The highest BCUT2D eigenvalue weighted by atomic mass is 16.3. The molecule has 3 N–H and O–H groups in total. The van der Waals surface area contributed by atoms with E-state index in [2.05, 4.69) is 24.1 Å². The number of aromatic nitrogens is 1. The van der Waals surface area contributed by atoms with E-state index in [9.17, 15) is 0 Å². The van der Waals surface area contributed by atoms with Crippen LogP contribution in [0, 0.1) is 6.92 Å². The molecule has 0 radical (unpaired) electrons. The van der Waals surface area contributed by atoms with Gasteiger partial charge in [0.25, 0.3) is 0 Å². The lowest BCUT2D eigenvalue weighted by atomic mass is 10.0. The maximum Gasteiger partial charge on any atom is 0.192 e. The molecule has 0 aliphatic heterocycles. The van der Waals surface area contributed by atoms with Crippen LogP contribution >= 0.6 is 0 Å². The predicted molar refractivity (Wildman–Crippen MR) is 74.7 cm³/mol. The molecule has 2 rings (SSSR count). The lowest BCUT2D eigenvalue weighted by Crippen LogP contribution is -2.32. The Morgan fingerprint density at radius 2 is 2.17 bits per heavy atom. The summed E-state index contributed by atoms with van der Waals surface area (Å²) in [6, 6.07) is 5.98. The summed E-state index contributed by atoms with van der Waals surface area (Å²) in [7, 11) is 0. The zero-order valence-corrected chi connectivity index (χ0v) is 11.3. The first-order valence-corrected chi connectivity index (χ1v) is 6.34. The molecule has 18 heavy (non-hydrogen) atoms. The van der Waals surface area contributed by atoms with Gasteiger partial charge in [0.2, 0.25) is 0 Å². The first-order valence-electron chi connectivity index (χ1n) is 6.34. The molecule has 2 aromatic rings. The van der Waals surface area contributed by atoms with Gasteiger partial charge in [0.05, 0.1) is 0 Å². The van der Waals surface area contributed by atoms with Crippen LogP contribution in [0.5, 0.6) is 0 Å². The van der Waals surface area contributed by atoms with Gasteiger partial charge in [0.15, 0.2) is 11.5 Å². The molecule has 0 aliphatic carbocycles. The maximum atomic E-state index is 5.94. The van der Waals surface area contributed by atoms with E-state index < -0.39 is 0 Å². The van der Waals surface area contributed by atoms with Gasteiger partial charge in [-0.3, -0.25) is 0 Å². The fraction of sp³-hybridized carbons (Fsp3) is 0.500. The summed E-state index contributed by atoms with van der Waals surface area (Å²) in [5, 5.41) is 3.38. The molecule has 1 aromatic carbocycles. The average molecular weight is 247 g/mol. The molecule has 0 spiro atoms. The number of rotatable bonds is 5. The monoisotopic (exact) mass is 247 g/mol. The van der Waals surface area contributed by atoms with Gasteiger partial charge in [-0.2, -0.15) is 0 Å². The third kappa shape index (κ3) is 3.47. The number of anilines is 1. The van der Waals surface area contributed by atoms with Crippen molar-refractivity contribution in [3.05, 3.63) is 24.1 Å². The van der Waals surface area contributed by atoms with E-state index in [-0.39, 0.29) is 5.54 Å². The third-order valence-corrected chi connectivity index (χ3v) is 2.82. The lowest BCUT2D eigenvalue weighted by molar-refractivity contribution is 0.465. The fourth-order valence-corrected chi connectivity index (χ4v) is 1.93. The Morgan fingerprint density at radius 1 is 1.39 bits per heavy atom. The molecule has 0 fully saturated rings. The normalized spacial score (nSPS) is 12.0. The van der Waals surface area contributed by atoms with Crippen LogP contribution in [0.1, 0.15) is 32.6 Å². The van der Waals surface area contributed by atoms with Gasteiger partial charge in [0, 0.05) is 24.7 Å². The van der Waals surface area contributed by atoms with Crippen molar-refractivity contribution in [1.82, 2.24) is 4.98 Å². The van der Waals surface area contributed by atoms with E-state index in [0.717, 1.165) is 36.2 Å². The molecule has 4 nitrogen and oxygen atoms in total. The summed E-state index contributed by atoms with van der Waals surface area (Å²) < 4.78 is 5.44. The SMILES string of the molecule is Cc1nc2cc(NCCCC(C)(C)N)ccc2o1. The molecule has 1 aromatic heterocycles. The molecular weight excluding hydrogens is 226 g/mol. The van der Waals surface area contributed by atoms with Gasteiger partial charge >= 0.3 is 0 Å². The molecule has 0 saturated carbocycles. The van der Waals surface area contributed by atoms with Crippen molar-refractivity contribution in [2.45, 2.75) is 39.2 Å². The van der Waals surface area contributed by atoms with Crippen LogP contribution in [0.3, 0.4) is 0 Å². The molecule has 0 amide bonds. The molecular formula is C14H21N3O. The summed E-state index contributed by atoms with van der Waals surface area (Å²) >= 11 is 0. The van der Waals surface area contributed by atoms with E-state index in [1.54, 1.807) is 0 Å². The van der Waals surface area contributed by atoms with Crippen molar-refractivity contribution in [3.63, 3.8) is 0 Å². The first kappa shape index (κ1) is 12.9. The minimum Gasteiger partial charge on any atom is -0.441 e. The number of hydrogen-bond donors (Lipinski definition) is 2. The number of fused-ring (bicyclic) bond motifs is 1. The second-order valence-electron chi connectivity index (χ2n) is 5.43. The van der Waals surface area contributed by atoms with Crippen LogP contribution in [0.4, 0.5) is 5.69 Å². The summed E-state index contributed by atoms with van der Waals surface area (Å²) in [6.07, 6.45) is 2.06. The number of oxazole rings is 1. The molecule has 0 unspecified atom stereocenters. The van der Waals surface area contributed by atoms with Crippen molar-refractivity contribution in [1.29, 1.82) is 0 Å². The van der Waals surface area contributed by atoms with E-state index >= 15 is 0 Å². The zero-order valence-electron chi connectivity index (χ0n) is 11.3. The largest absolute Gasteiger partial charge is 0.441 e. The van der Waals surface area contributed by atoms with Crippen molar-refractivity contribution in [2.75, 3.05) is 11.9 Å². The van der Waals surface area contributed by atoms with Crippen LogP contribution < -0.4 is 11.1 Å². The number of benzene rings is 1. The topological polar surface area (TPSA) is 64.1 Å². The van der Waals surface area contributed by atoms with Gasteiger partial charge in [0.1, 0.15) is 5.52 Å². The molecule has 0 aliphatic rings. The Morgan fingerprint density at radius 3 is 2.89 bits per heavy atom. The van der Waals surface area contributed by atoms with Crippen LogP contribution in [-0.4, -0.2) is 17.1 Å². The summed E-state index contributed by atoms with van der Waals surface area (Å²) in [5.41, 5.74) is 8.66. The van der Waals surface area contributed by atoms with Crippen LogP contribution in [-0.2, 0) is 0 Å². The second kappa shape index (κ2) is 4.98. The van der Waals surface area contributed by atoms with Crippen molar-refractivity contribution >= 4 is 16.8 Å². The minimum absolute atomic E-state index is 0.0884. The Hall–Kier alpha value is -1.55. The second-order valence-corrected chi connectivity index (χ2v) is 5.43. The number of nitrogens with zero attached hydrogens (tertiary/aromatic N) is 1. The zero-order chi connectivity index (χ0) is 13.2. The highest BCUT2D eigenvalue weighted by molar-refractivity contribution is 5.77. The van der Waals surface area contributed by atoms with E-state index in [1.165, 1.54) is 0 Å². The number of nitrogens with one attached hydrogen (secondary N) is 1. The summed E-state index contributed by atoms with van der Waals surface area (Å²) in [5.74, 6) is 0.701. The lowest BCUT2D eigenvalue weighted by Gasteiger charge is -2.18. The van der Waals surface area contributed by atoms with Crippen LogP contribution in [0.25, 0.3) is 11.1 Å². The predicted octanol–water partition coefficient (Wildman–Crippen LogP) is 3.07. The van der Waals surface area contributed by atoms with E-state index in [1.807, 2.05) is 25.1 Å². The van der Waals surface area contributed by atoms with Gasteiger partial charge in [-0.1, -0.05) is 0 Å². The smallest absolute Gasteiger partial charge is 0.192 e. The Bertz CT molecular complexity index is 525. The highest BCUT2D eigenvalue weighted by Gasteiger charge is 2.09. The fourth-order valence-electron chi connectivity index (χ4n) is 1.93. The molecule has 4 heteroatoms. The summed E-state index contributed by atoms with van der Waals surface area (Å²) in [6.45, 7) is 6.88. The van der Waals surface area contributed by atoms with Crippen molar-refractivity contribution in [3.8, 4) is 0 Å². The molecule has 98 valence electrons. The Balaban J connectivity index is 1.91. The standard InChI is InChI=1S/C14H21N3O/c1-10-17-12-9-11(5-6-13(12)18-10)16-8-4-7-14(2,3)15/h5-6,9,16H,4,7-8,15H2,1-3H3. The van der Waals surface area contributed by atoms with Crippen LogP contribution in [0.2, 0.25) is 0 Å². The van der Waals surface area contributed by atoms with Crippen LogP contribution in [0.15, 0.2) is 22.6 Å². The van der Waals surface area contributed by atoms with Gasteiger partial charge < -0.3 is 15.5 Å². The van der Waals surface area contributed by atoms with Crippen molar-refractivity contribution in [2.24, 2.45) is 5.73 Å². The Labute approximate surface area is 108 Å². The molecule has 1 heterocycles. The van der Waals surface area contributed by atoms with Gasteiger partial charge in [-0.25, -0.2) is 4.98 Å². The quantitative estimate of drug-likeness (QED) is 0.797. The summed E-state index contributed by atoms with van der Waals surface area (Å²) in [4.78, 5) is 4.31. The number of nitrogens with two attached hydrogens (primary N) is 1. The average Bonchev–Trinajstić information content (AvgIpc) is 2.62. The molecule has 0 atom stereocenters.